The summed E-state index contributed by atoms with van der Waals surface area (Å²) in [5, 5.41) is 0. The van der Waals surface area contributed by atoms with Crippen LogP contribution in [0.4, 0.5) is 0 Å². The lowest BCUT2D eigenvalue weighted by Crippen LogP contribution is -2.54. The lowest BCUT2D eigenvalue weighted by Gasteiger charge is -2.53. The highest BCUT2D eigenvalue weighted by Crippen LogP contribution is 2.72. The van der Waals surface area contributed by atoms with Crippen molar-refractivity contribution in [1.29, 1.82) is 0 Å². The molecule has 5 heteroatoms. The number of hydrogen-bond acceptors (Lipinski definition) is 5. The molecule has 0 unspecified atom stereocenters. The molecule has 3 saturated carbocycles. The smallest absolute Gasteiger partial charge is 0.305 e. The molecule has 4 rings (SSSR count). The third-order valence-corrected chi connectivity index (χ3v) is 11.6. The fraction of sp³-hybridized carbons (Fsp3) is 0.833. The molecule has 0 amide bonds. The molecular weight excluding hydrogens is 440 g/mol. The minimum absolute atomic E-state index is 0.0531. The number of hydrogen-bond donors (Lipinski definition) is 0. The molecule has 4 aliphatic carbocycles. The van der Waals surface area contributed by atoms with Crippen LogP contribution in [-0.4, -0.2) is 30.9 Å². The third kappa shape index (κ3) is 3.82. The van der Waals surface area contributed by atoms with Crippen LogP contribution >= 0.6 is 0 Å². The van der Waals surface area contributed by atoms with E-state index in [1.54, 1.807) is 0 Å². The fourth-order valence-electron chi connectivity index (χ4n) is 9.17. The quantitative estimate of drug-likeness (QED) is 0.337. The summed E-state index contributed by atoms with van der Waals surface area (Å²) in [6.45, 7) is 15.2. The Kier molecular flexibility index (Phi) is 6.59. The summed E-state index contributed by atoms with van der Waals surface area (Å²) in [6.07, 6.45) is 9.05. The molecule has 3 fully saturated rings. The number of carbonyl (C=O) groups is 3. The van der Waals surface area contributed by atoms with Gasteiger partial charge in [-0.1, -0.05) is 53.2 Å². The van der Waals surface area contributed by atoms with Crippen molar-refractivity contribution < 1.29 is 23.9 Å². The second-order valence-electron chi connectivity index (χ2n) is 13.4. The van der Waals surface area contributed by atoms with Crippen LogP contribution in [0.1, 0.15) is 99.8 Å². The Bertz CT molecular complexity index is 933. The zero-order chi connectivity index (χ0) is 26.0. The van der Waals surface area contributed by atoms with Gasteiger partial charge in [-0.05, 0) is 73.5 Å². The molecule has 0 bridgehead atoms. The first-order valence-corrected chi connectivity index (χ1v) is 13.7. The molecule has 35 heavy (non-hydrogen) atoms. The van der Waals surface area contributed by atoms with Crippen LogP contribution in [0.25, 0.3) is 0 Å². The minimum Gasteiger partial charge on any atom is -0.469 e. The molecule has 0 saturated heterocycles. The second-order valence-corrected chi connectivity index (χ2v) is 13.4. The van der Waals surface area contributed by atoms with Gasteiger partial charge in [0.05, 0.1) is 7.11 Å². The number of allylic oxidation sites excluding steroid dienone is 2. The van der Waals surface area contributed by atoms with E-state index in [1.807, 2.05) is 0 Å². The first-order valence-electron chi connectivity index (χ1n) is 13.7. The number of ketones is 1. The molecular formula is C30H46O5. The van der Waals surface area contributed by atoms with Gasteiger partial charge >= 0.3 is 11.9 Å². The number of methoxy groups -OCH3 is 1. The fourth-order valence-corrected chi connectivity index (χ4v) is 9.17. The maximum absolute atomic E-state index is 14.5. The Morgan fingerprint density at radius 3 is 2.37 bits per heavy atom. The highest BCUT2D eigenvalue weighted by atomic mass is 16.5. The summed E-state index contributed by atoms with van der Waals surface area (Å²) in [6, 6.07) is 0. The highest BCUT2D eigenvalue weighted by Gasteiger charge is 2.68. The summed E-state index contributed by atoms with van der Waals surface area (Å²) in [4.78, 5) is 38.1. The summed E-state index contributed by atoms with van der Waals surface area (Å²) < 4.78 is 10.6. The molecule has 196 valence electrons. The molecule has 0 aromatic heterocycles. The van der Waals surface area contributed by atoms with E-state index in [2.05, 4.69) is 47.6 Å². The van der Waals surface area contributed by atoms with Crippen molar-refractivity contribution in [3.63, 3.8) is 0 Å². The first kappa shape index (κ1) is 26.4. The van der Waals surface area contributed by atoms with Crippen LogP contribution in [0.5, 0.6) is 0 Å². The van der Waals surface area contributed by atoms with E-state index >= 15 is 0 Å². The van der Waals surface area contributed by atoms with Gasteiger partial charge in [0, 0.05) is 30.1 Å². The Morgan fingerprint density at radius 2 is 1.74 bits per heavy atom. The van der Waals surface area contributed by atoms with Crippen LogP contribution < -0.4 is 0 Å². The topological polar surface area (TPSA) is 69.7 Å². The van der Waals surface area contributed by atoms with Gasteiger partial charge in [-0.25, -0.2) is 0 Å². The number of fused-ring (bicyclic) bond motifs is 4. The summed E-state index contributed by atoms with van der Waals surface area (Å²) in [5.74, 6) is 1.07. The van der Waals surface area contributed by atoms with E-state index in [4.69, 9.17) is 9.47 Å². The summed E-state index contributed by atoms with van der Waals surface area (Å²) >= 11 is 0. The molecule has 0 aromatic carbocycles. The number of rotatable bonds is 5. The van der Waals surface area contributed by atoms with Crippen molar-refractivity contribution in [3.8, 4) is 0 Å². The molecule has 0 N–H and O–H groups in total. The molecule has 4 aliphatic rings. The number of ether oxygens (including phenoxy) is 2. The van der Waals surface area contributed by atoms with Gasteiger partial charge in [0.1, 0.15) is 11.9 Å². The number of carbonyl (C=O) groups excluding carboxylic acids is 3. The average molecular weight is 487 g/mol. The van der Waals surface area contributed by atoms with E-state index in [1.165, 1.54) is 19.6 Å². The van der Waals surface area contributed by atoms with E-state index in [-0.39, 0.29) is 51.5 Å². The lowest BCUT2D eigenvalue weighted by molar-refractivity contribution is -0.171. The monoisotopic (exact) mass is 486 g/mol. The van der Waals surface area contributed by atoms with Crippen molar-refractivity contribution in [2.24, 2.45) is 45.3 Å². The zero-order valence-electron chi connectivity index (χ0n) is 23.2. The van der Waals surface area contributed by atoms with Gasteiger partial charge in [-0.2, -0.15) is 0 Å². The molecule has 5 nitrogen and oxygen atoms in total. The van der Waals surface area contributed by atoms with Crippen LogP contribution in [0.15, 0.2) is 11.6 Å². The maximum atomic E-state index is 14.5. The van der Waals surface area contributed by atoms with Crippen LogP contribution in [0, 0.1) is 45.3 Å². The van der Waals surface area contributed by atoms with E-state index in [9.17, 15) is 14.4 Å². The van der Waals surface area contributed by atoms with Crippen molar-refractivity contribution >= 4 is 17.7 Å². The van der Waals surface area contributed by atoms with Gasteiger partial charge in [0.2, 0.25) is 0 Å². The Balaban J connectivity index is 1.62. The lowest BCUT2D eigenvalue weighted by atomic mass is 9.52. The number of esters is 2. The standard InChI is InChI=1S/C30H46O5/c1-18(9-10-25(32)34-8)20-11-15-29(6)21(20)17-22-26(33)28(5)14-13-24(35-19(2)31)27(3,4)23(28)12-16-30(22,29)7/h11,18,21-24H,9-10,12-17H2,1-8H3/t18-,21-,22+,23+,24+,28+,29+,30+/m1/s1. The number of Topliss-reactive ketones (excluding diaryl/α,β-unsaturated/α-hetero) is 1. The average Bonchev–Trinajstić information content (AvgIpc) is 3.20. The normalized spacial score (nSPS) is 42.7. The Morgan fingerprint density at radius 1 is 1.06 bits per heavy atom. The first-order chi connectivity index (χ1) is 16.2. The molecule has 0 radical (unpaired) electrons. The molecule has 8 atom stereocenters. The Hall–Kier alpha value is -1.65. The van der Waals surface area contributed by atoms with E-state index < -0.39 is 0 Å². The van der Waals surface area contributed by atoms with Crippen molar-refractivity contribution in [2.75, 3.05) is 7.11 Å². The summed E-state index contributed by atoms with van der Waals surface area (Å²) in [7, 11) is 1.45. The second kappa shape index (κ2) is 8.73. The molecule has 0 heterocycles. The molecule has 0 aromatic rings. The largest absolute Gasteiger partial charge is 0.469 e. The summed E-state index contributed by atoms with van der Waals surface area (Å²) in [5.41, 5.74) is 0.857. The van der Waals surface area contributed by atoms with Gasteiger partial charge in [-0.15, -0.1) is 0 Å². The van der Waals surface area contributed by atoms with Gasteiger partial charge in [0.25, 0.3) is 0 Å². The van der Waals surface area contributed by atoms with E-state index in [0.29, 0.717) is 24.0 Å². The van der Waals surface area contributed by atoms with Gasteiger partial charge < -0.3 is 9.47 Å². The SMILES string of the molecule is COC(=O)CC[C@@H](C)C1=CC[C@@]2(C)[C@@H]1C[C@H]1C(=O)[C@@]3(C)CC[C@H](OC(C)=O)C(C)(C)[C@@H]3CC[C@@]12C. The third-order valence-electron chi connectivity index (χ3n) is 11.6. The predicted octanol–water partition coefficient (Wildman–Crippen LogP) is 6.29. The van der Waals surface area contributed by atoms with Crippen LogP contribution in [-0.2, 0) is 23.9 Å². The predicted molar refractivity (Wildman–Crippen MR) is 135 cm³/mol. The van der Waals surface area contributed by atoms with Gasteiger partial charge in [-0.3, -0.25) is 14.4 Å². The maximum Gasteiger partial charge on any atom is 0.305 e. The van der Waals surface area contributed by atoms with Gasteiger partial charge in [0.15, 0.2) is 0 Å². The Labute approximate surface area is 211 Å². The van der Waals surface area contributed by atoms with E-state index in [0.717, 1.165) is 44.9 Å². The van der Waals surface area contributed by atoms with Crippen LogP contribution in [0.3, 0.4) is 0 Å². The van der Waals surface area contributed by atoms with Crippen molar-refractivity contribution in [1.82, 2.24) is 0 Å². The van der Waals surface area contributed by atoms with Crippen molar-refractivity contribution in [3.05, 3.63) is 11.6 Å². The molecule has 0 spiro atoms. The van der Waals surface area contributed by atoms with Crippen molar-refractivity contribution in [2.45, 2.75) is 106 Å². The zero-order valence-corrected chi connectivity index (χ0v) is 23.2. The van der Waals surface area contributed by atoms with Crippen LogP contribution in [0.2, 0.25) is 0 Å². The highest BCUT2D eigenvalue weighted by molar-refractivity contribution is 5.89. The molecule has 0 aliphatic heterocycles. The minimum atomic E-state index is -0.377.